The number of carbonyl (C=O) groups is 1. The van der Waals surface area contributed by atoms with Crippen LogP contribution in [0.15, 0.2) is 48.1 Å². The Morgan fingerprint density at radius 1 is 1.31 bits per heavy atom. The van der Waals surface area contributed by atoms with E-state index in [0.29, 0.717) is 17.9 Å². The van der Waals surface area contributed by atoms with E-state index in [-0.39, 0.29) is 17.6 Å². The number of nitrogens with one attached hydrogen (secondary N) is 1. The lowest BCUT2D eigenvalue weighted by Crippen LogP contribution is -2.29. The van der Waals surface area contributed by atoms with Crippen LogP contribution in [0.3, 0.4) is 0 Å². The fraction of sp³-hybridized carbons (Fsp3) is 0.480. The summed E-state index contributed by atoms with van der Waals surface area (Å²) >= 11 is 0. The Morgan fingerprint density at radius 3 is 2.66 bits per heavy atom. The fourth-order valence-corrected chi connectivity index (χ4v) is 3.88. The quantitative estimate of drug-likeness (QED) is 0.498. The molecule has 0 saturated heterocycles. The molecule has 0 unspecified atom stereocenters. The second kappa shape index (κ2) is 10.3. The van der Waals surface area contributed by atoms with Crippen LogP contribution in [0.4, 0.5) is 4.79 Å². The maximum atomic E-state index is 12.4. The zero-order chi connectivity index (χ0) is 21.6. The van der Waals surface area contributed by atoms with Crippen LogP contribution in [-0.4, -0.2) is 17.7 Å². The van der Waals surface area contributed by atoms with Gasteiger partial charge in [-0.1, -0.05) is 49.3 Å². The van der Waals surface area contributed by atoms with E-state index in [9.17, 15) is 9.90 Å². The second-order valence-corrected chi connectivity index (χ2v) is 8.36. The number of hydrogen-bond acceptors (Lipinski definition) is 3. The minimum atomic E-state index is -0.537. The predicted octanol–water partition coefficient (Wildman–Crippen LogP) is 6.42. The molecule has 158 valence electrons. The molecule has 0 radical (unpaired) electrons. The lowest BCUT2D eigenvalue weighted by atomic mass is 9.73. The summed E-state index contributed by atoms with van der Waals surface area (Å²) in [6, 6.07) is 3.72. The summed E-state index contributed by atoms with van der Waals surface area (Å²) in [5.41, 5.74) is 4.84. The number of carbonyl (C=O) groups excluding carboxylic acids is 1. The summed E-state index contributed by atoms with van der Waals surface area (Å²) in [5, 5.41) is 13.7. The molecule has 2 N–H and O–H groups in total. The Labute approximate surface area is 175 Å². The number of aromatic hydroxyl groups is 1. The van der Waals surface area contributed by atoms with E-state index in [1.54, 1.807) is 0 Å². The zero-order valence-corrected chi connectivity index (χ0v) is 18.3. The Balaban J connectivity index is 2.47. The zero-order valence-electron chi connectivity index (χ0n) is 18.3. The molecule has 1 aromatic carbocycles. The number of phenols is 1. The van der Waals surface area contributed by atoms with Gasteiger partial charge in [-0.3, -0.25) is 0 Å². The van der Waals surface area contributed by atoms with Gasteiger partial charge in [-0.05, 0) is 70.1 Å². The largest absolute Gasteiger partial charge is 0.507 e. The summed E-state index contributed by atoms with van der Waals surface area (Å²) in [6.07, 6.45) is 6.53. The summed E-state index contributed by atoms with van der Waals surface area (Å²) in [4.78, 5) is 12.4. The highest BCUT2D eigenvalue weighted by atomic mass is 16.6. The lowest BCUT2D eigenvalue weighted by molar-refractivity contribution is 0.200. The summed E-state index contributed by atoms with van der Waals surface area (Å²) < 4.78 is 5.70. The van der Waals surface area contributed by atoms with Crippen LogP contribution in [0.5, 0.6) is 11.5 Å². The van der Waals surface area contributed by atoms with Gasteiger partial charge < -0.3 is 15.2 Å². The first-order valence-corrected chi connectivity index (χ1v) is 10.5. The van der Waals surface area contributed by atoms with E-state index in [4.69, 9.17) is 4.74 Å². The Bertz CT molecular complexity index is 807. The summed E-state index contributed by atoms with van der Waals surface area (Å²) in [5.74, 6) is 0.748. The van der Waals surface area contributed by atoms with Gasteiger partial charge in [0.15, 0.2) is 0 Å². The maximum Gasteiger partial charge on any atom is 0.412 e. The lowest BCUT2D eigenvalue weighted by Gasteiger charge is -2.32. The average Bonchev–Trinajstić information content (AvgIpc) is 2.64. The van der Waals surface area contributed by atoms with Crippen LogP contribution >= 0.6 is 0 Å². The third kappa shape index (κ3) is 6.25. The third-order valence-corrected chi connectivity index (χ3v) is 5.45. The molecule has 29 heavy (non-hydrogen) atoms. The summed E-state index contributed by atoms with van der Waals surface area (Å²) in [7, 11) is 0. The van der Waals surface area contributed by atoms with Gasteiger partial charge >= 0.3 is 6.09 Å². The van der Waals surface area contributed by atoms with Crippen molar-refractivity contribution in [1.82, 2.24) is 5.32 Å². The number of ether oxygens (including phenoxy) is 1. The van der Waals surface area contributed by atoms with E-state index in [0.717, 1.165) is 48.8 Å². The van der Waals surface area contributed by atoms with Crippen molar-refractivity contribution < 1.29 is 14.6 Å². The highest BCUT2D eigenvalue weighted by Gasteiger charge is 2.31. The molecule has 0 saturated carbocycles. The number of unbranched alkanes of at least 4 members (excludes halogenated alkanes) is 1. The highest BCUT2D eigenvalue weighted by molar-refractivity contribution is 5.72. The third-order valence-electron chi connectivity index (χ3n) is 5.45. The van der Waals surface area contributed by atoms with Gasteiger partial charge in [0.1, 0.15) is 11.5 Å². The average molecular weight is 398 g/mol. The van der Waals surface area contributed by atoms with Crippen LogP contribution in [0, 0.1) is 5.92 Å². The topological polar surface area (TPSA) is 58.6 Å². The Kier molecular flexibility index (Phi) is 8.12. The SMILES string of the molecule is C=C(C)CNC(=O)Oc1cc(CCCC)cc(O)c1[C@@H]1C=C(C)CC[C@H]1C(=C)C. The summed E-state index contributed by atoms with van der Waals surface area (Å²) in [6.45, 7) is 16.4. The highest BCUT2D eigenvalue weighted by Crippen LogP contribution is 2.47. The molecule has 2 atom stereocenters. The number of rotatable bonds is 8. The fourth-order valence-electron chi connectivity index (χ4n) is 3.88. The van der Waals surface area contributed by atoms with Crippen molar-refractivity contribution in [3.8, 4) is 11.5 Å². The molecule has 0 fully saturated rings. The smallest absolute Gasteiger partial charge is 0.412 e. The normalized spacial score (nSPS) is 18.7. The molecule has 0 aromatic heterocycles. The van der Waals surface area contributed by atoms with E-state index in [1.165, 1.54) is 5.57 Å². The van der Waals surface area contributed by atoms with Crippen molar-refractivity contribution in [1.29, 1.82) is 0 Å². The van der Waals surface area contributed by atoms with Crippen LogP contribution in [-0.2, 0) is 6.42 Å². The van der Waals surface area contributed by atoms with Crippen molar-refractivity contribution >= 4 is 6.09 Å². The molecule has 4 heteroatoms. The van der Waals surface area contributed by atoms with Crippen LogP contribution in [0.1, 0.15) is 70.4 Å². The first-order chi connectivity index (χ1) is 13.7. The Hall–Kier alpha value is -2.49. The molecule has 0 bridgehead atoms. The molecule has 1 aliphatic carbocycles. The molecule has 1 aliphatic rings. The molecule has 0 heterocycles. The standard InChI is InChI=1S/C25H35NO3/c1-7-8-9-19-13-22(27)24(21-12-18(6)10-11-20(21)17(4)5)23(14-19)29-25(28)26-15-16(2)3/h12-14,20-21,27H,2,4,7-11,15H2,1,3,5-6H3,(H,26,28)/t20-,21+/m0/s1. The number of aryl methyl sites for hydroxylation is 1. The van der Waals surface area contributed by atoms with Crippen molar-refractivity contribution in [2.45, 2.75) is 65.7 Å². The predicted molar refractivity (Wildman–Crippen MR) is 120 cm³/mol. The van der Waals surface area contributed by atoms with Crippen LogP contribution in [0.25, 0.3) is 0 Å². The van der Waals surface area contributed by atoms with Gasteiger partial charge in [-0.25, -0.2) is 4.79 Å². The van der Waals surface area contributed by atoms with Crippen molar-refractivity contribution in [3.63, 3.8) is 0 Å². The molecule has 1 aromatic rings. The van der Waals surface area contributed by atoms with Gasteiger partial charge in [0, 0.05) is 18.0 Å². The van der Waals surface area contributed by atoms with Gasteiger partial charge in [-0.2, -0.15) is 0 Å². The molecular weight excluding hydrogens is 362 g/mol. The van der Waals surface area contributed by atoms with Crippen molar-refractivity contribution in [3.05, 3.63) is 59.2 Å². The van der Waals surface area contributed by atoms with Gasteiger partial charge in [0.25, 0.3) is 0 Å². The molecule has 2 rings (SSSR count). The van der Waals surface area contributed by atoms with E-state index in [2.05, 4.69) is 38.4 Å². The monoisotopic (exact) mass is 397 g/mol. The number of phenolic OH excluding ortho intramolecular Hbond substituents is 1. The Morgan fingerprint density at radius 2 is 2.03 bits per heavy atom. The van der Waals surface area contributed by atoms with Gasteiger partial charge in [0.05, 0.1) is 0 Å². The number of hydrogen-bond donors (Lipinski definition) is 2. The van der Waals surface area contributed by atoms with Crippen molar-refractivity contribution in [2.24, 2.45) is 5.92 Å². The van der Waals surface area contributed by atoms with Crippen molar-refractivity contribution in [2.75, 3.05) is 6.54 Å². The minimum Gasteiger partial charge on any atom is -0.507 e. The molecule has 4 nitrogen and oxygen atoms in total. The minimum absolute atomic E-state index is 0.0644. The maximum absolute atomic E-state index is 12.4. The molecule has 0 spiro atoms. The number of amides is 1. The first kappa shape index (κ1) is 22.8. The van der Waals surface area contributed by atoms with Gasteiger partial charge in [-0.15, -0.1) is 0 Å². The van der Waals surface area contributed by atoms with E-state index < -0.39 is 6.09 Å². The second-order valence-electron chi connectivity index (χ2n) is 8.36. The van der Waals surface area contributed by atoms with Crippen LogP contribution in [0.2, 0.25) is 0 Å². The van der Waals surface area contributed by atoms with E-state index >= 15 is 0 Å². The number of benzene rings is 1. The van der Waals surface area contributed by atoms with Crippen LogP contribution < -0.4 is 10.1 Å². The first-order valence-electron chi connectivity index (χ1n) is 10.5. The molecule has 0 aliphatic heterocycles. The van der Waals surface area contributed by atoms with Gasteiger partial charge in [0.2, 0.25) is 0 Å². The van der Waals surface area contributed by atoms with E-state index in [1.807, 2.05) is 26.0 Å². The number of allylic oxidation sites excluding steroid dienone is 3. The molecule has 1 amide bonds. The molecular formula is C25H35NO3.